The van der Waals surface area contributed by atoms with E-state index in [9.17, 15) is 18.0 Å². The zero-order valence-electron chi connectivity index (χ0n) is 10.4. The Morgan fingerprint density at radius 3 is 2.45 bits per heavy atom. The fraction of sp³-hybridized carbons (Fsp3) is 0.267. The van der Waals surface area contributed by atoms with Crippen LogP contribution in [0.2, 0.25) is 0 Å². The van der Waals surface area contributed by atoms with Gasteiger partial charge in [0.05, 0.1) is 5.56 Å². The van der Waals surface area contributed by atoms with Gasteiger partial charge in [0.15, 0.2) is 12.0 Å². The summed E-state index contributed by atoms with van der Waals surface area (Å²) in [5, 5.41) is 0. The van der Waals surface area contributed by atoms with Crippen LogP contribution in [-0.2, 0) is 6.18 Å². The molecular formula is C15H11F3O2. The van der Waals surface area contributed by atoms with Gasteiger partial charge in [0, 0.05) is 5.56 Å². The third-order valence-electron chi connectivity index (χ3n) is 3.36. The van der Waals surface area contributed by atoms with Gasteiger partial charge in [0.2, 0.25) is 0 Å². The first-order valence-corrected chi connectivity index (χ1v) is 6.25. The lowest BCUT2D eigenvalue weighted by atomic mass is 10.0. The second-order valence-corrected chi connectivity index (χ2v) is 4.94. The summed E-state index contributed by atoms with van der Waals surface area (Å²) in [5.41, 5.74) is 0.356. The Kier molecular flexibility index (Phi) is 2.92. The van der Waals surface area contributed by atoms with Crippen molar-refractivity contribution in [1.29, 1.82) is 0 Å². The number of aldehydes is 1. The highest BCUT2D eigenvalue weighted by Crippen LogP contribution is 2.43. The molecule has 2 aromatic rings. The van der Waals surface area contributed by atoms with Crippen LogP contribution in [0.5, 0.6) is 0 Å². The van der Waals surface area contributed by atoms with Crippen LogP contribution in [0.1, 0.15) is 40.4 Å². The van der Waals surface area contributed by atoms with Crippen LogP contribution in [0.3, 0.4) is 0 Å². The van der Waals surface area contributed by atoms with Gasteiger partial charge in [-0.15, -0.1) is 0 Å². The molecule has 1 fully saturated rings. The summed E-state index contributed by atoms with van der Waals surface area (Å²) >= 11 is 0. The Bertz CT molecular complexity index is 651. The number of carbonyl (C=O) groups is 1. The van der Waals surface area contributed by atoms with Crippen LogP contribution in [0.15, 0.2) is 34.7 Å². The van der Waals surface area contributed by atoms with Gasteiger partial charge >= 0.3 is 6.18 Å². The van der Waals surface area contributed by atoms with Crippen molar-refractivity contribution in [3.8, 4) is 11.3 Å². The van der Waals surface area contributed by atoms with E-state index in [1.165, 1.54) is 18.2 Å². The lowest BCUT2D eigenvalue weighted by Crippen LogP contribution is -2.05. The van der Waals surface area contributed by atoms with Crippen molar-refractivity contribution in [3.05, 3.63) is 47.2 Å². The first-order chi connectivity index (χ1) is 9.47. The SMILES string of the molecule is O=Cc1ccc(-c2cc(C3CC3)cc(C(F)(F)F)c2)o1. The van der Waals surface area contributed by atoms with Gasteiger partial charge in [-0.25, -0.2) is 0 Å². The molecule has 3 rings (SSSR count). The zero-order chi connectivity index (χ0) is 14.3. The minimum atomic E-state index is -4.39. The average molecular weight is 280 g/mol. The van der Waals surface area contributed by atoms with Crippen molar-refractivity contribution in [3.63, 3.8) is 0 Å². The molecule has 0 spiro atoms. The number of hydrogen-bond donors (Lipinski definition) is 0. The smallest absolute Gasteiger partial charge is 0.416 e. The molecule has 0 radical (unpaired) electrons. The van der Waals surface area contributed by atoms with Gasteiger partial charge in [-0.1, -0.05) is 0 Å². The molecule has 1 saturated carbocycles. The molecule has 0 atom stereocenters. The quantitative estimate of drug-likeness (QED) is 0.766. The lowest BCUT2D eigenvalue weighted by Gasteiger charge is -2.11. The predicted molar refractivity (Wildman–Crippen MR) is 66.5 cm³/mol. The fourth-order valence-electron chi connectivity index (χ4n) is 2.18. The first-order valence-electron chi connectivity index (χ1n) is 6.25. The van der Waals surface area contributed by atoms with Crippen molar-refractivity contribution in [2.24, 2.45) is 0 Å². The van der Waals surface area contributed by atoms with E-state index in [2.05, 4.69) is 0 Å². The molecule has 1 aliphatic carbocycles. The summed E-state index contributed by atoms with van der Waals surface area (Å²) < 4.78 is 44.0. The van der Waals surface area contributed by atoms with E-state index >= 15 is 0 Å². The van der Waals surface area contributed by atoms with E-state index in [1.54, 1.807) is 6.07 Å². The topological polar surface area (TPSA) is 30.2 Å². The van der Waals surface area contributed by atoms with Crippen molar-refractivity contribution < 1.29 is 22.4 Å². The molecule has 0 amide bonds. The normalized spacial score (nSPS) is 15.3. The molecule has 0 unspecified atom stereocenters. The highest BCUT2D eigenvalue weighted by atomic mass is 19.4. The van der Waals surface area contributed by atoms with Crippen molar-refractivity contribution in [2.45, 2.75) is 24.9 Å². The van der Waals surface area contributed by atoms with E-state index in [0.29, 0.717) is 17.4 Å². The third kappa shape index (κ3) is 2.48. The maximum Gasteiger partial charge on any atom is 0.416 e. The van der Waals surface area contributed by atoms with Crippen molar-refractivity contribution >= 4 is 6.29 Å². The van der Waals surface area contributed by atoms with E-state index in [0.717, 1.165) is 18.9 Å². The summed E-state index contributed by atoms with van der Waals surface area (Å²) in [7, 11) is 0. The molecule has 104 valence electrons. The minimum Gasteiger partial charge on any atom is -0.453 e. The molecule has 1 aromatic heterocycles. The number of halogens is 3. The second kappa shape index (κ2) is 4.51. The summed E-state index contributed by atoms with van der Waals surface area (Å²) in [5.74, 6) is 0.585. The Hall–Kier alpha value is -2.04. The number of carbonyl (C=O) groups excluding carboxylic acids is 1. The molecule has 0 aliphatic heterocycles. The summed E-state index contributed by atoms with van der Waals surface area (Å²) in [6.07, 6.45) is -2.03. The van der Waals surface area contributed by atoms with E-state index in [4.69, 9.17) is 4.42 Å². The standard InChI is InChI=1S/C15H11F3O2/c16-15(17,18)12-6-10(9-1-2-9)5-11(7-12)14-4-3-13(8-19)20-14/h3-9H,1-2H2. The van der Waals surface area contributed by atoms with Gasteiger partial charge in [-0.3, -0.25) is 4.79 Å². The summed E-state index contributed by atoms with van der Waals surface area (Å²) in [4.78, 5) is 10.6. The molecule has 20 heavy (non-hydrogen) atoms. The van der Waals surface area contributed by atoms with Crippen LogP contribution in [0, 0.1) is 0 Å². The molecule has 2 nitrogen and oxygen atoms in total. The lowest BCUT2D eigenvalue weighted by molar-refractivity contribution is -0.137. The van der Waals surface area contributed by atoms with Crippen LogP contribution in [0.4, 0.5) is 13.2 Å². The van der Waals surface area contributed by atoms with Crippen LogP contribution >= 0.6 is 0 Å². The molecule has 0 N–H and O–H groups in total. The number of furan rings is 1. The highest BCUT2D eigenvalue weighted by Gasteiger charge is 2.33. The number of alkyl halides is 3. The van der Waals surface area contributed by atoms with E-state index in [-0.39, 0.29) is 17.4 Å². The molecule has 0 bridgehead atoms. The monoisotopic (exact) mass is 280 g/mol. The fourth-order valence-corrected chi connectivity index (χ4v) is 2.18. The summed E-state index contributed by atoms with van der Waals surface area (Å²) in [6.45, 7) is 0. The third-order valence-corrected chi connectivity index (χ3v) is 3.36. The molecule has 5 heteroatoms. The maximum absolute atomic E-state index is 12.9. The van der Waals surface area contributed by atoms with Crippen molar-refractivity contribution in [2.75, 3.05) is 0 Å². The largest absolute Gasteiger partial charge is 0.453 e. The molecule has 1 aliphatic rings. The Morgan fingerprint density at radius 1 is 1.15 bits per heavy atom. The van der Waals surface area contributed by atoms with Crippen LogP contribution < -0.4 is 0 Å². The van der Waals surface area contributed by atoms with E-state index < -0.39 is 11.7 Å². The number of benzene rings is 1. The predicted octanol–water partition coefficient (Wildman–Crippen LogP) is 4.66. The Labute approximate surface area is 113 Å². The number of rotatable bonds is 3. The maximum atomic E-state index is 12.9. The summed E-state index contributed by atoms with van der Waals surface area (Å²) in [6, 6.07) is 6.92. The number of hydrogen-bond acceptors (Lipinski definition) is 2. The van der Waals surface area contributed by atoms with Crippen LogP contribution in [0.25, 0.3) is 11.3 Å². The van der Waals surface area contributed by atoms with Crippen LogP contribution in [-0.4, -0.2) is 6.29 Å². The Balaban J connectivity index is 2.09. The van der Waals surface area contributed by atoms with Crippen molar-refractivity contribution in [1.82, 2.24) is 0 Å². The second-order valence-electron chi connectivity index (χ2n) is 4.94. The van der Waals surface area contributed by atoms with E-state index in [1.807, 2.05) is 0 Å². The highest BCUT2D eigenvalue weighted by molar-refractivity contribution is 5.73. The average Bonchev–Trinajstić information content (AvgIpc) is 3.15. The Morgan fingerprint density at radius 2 is 1.90 bits per heavy atom. The molecular weight excluding hydrogens is 269 g/mol. The van der Waals surface area contributed by atoms with Gasteiger partial charge in [0.25, 0.3) is 0 Å². The molecule has 1 aromatic carbocycles. The first kappa shape index (κ1) is 13.0. The molecule has 1 heterocycles. The minimum absolute atomic E-state index is 0.102. The molecule has 0 saturated heterocycles. The zero-order valence-corrected chi connectivity index (χ0v) is 10.4. The van der Waals surface area contributed by atoms with Gasteiger partial charge in [-0.05, 0) is 54.7 Å². The van der Waals surface area contributed by atoms with Gasteiger partial charge in [-0.2, -0.15) is 13.2 Å². The van der Waals surface area contributed by atoms with Gasteiger partial charge in [0.1, 0.15) is 5.76 Å². The van der Waals surface area contributed by atoms with Gasteiger partial charge < -0.3 is 4.42 Å².